The summed E-state index contributed by atoms with van der Waals surface area (Å²) >= 11 is 0. The molecule has 0 unspecified atom stereocenters. The van der Waals surface area contributed by atoms with E-state index in [1.807, 2.05) is 12.1 Å². The van der Waals surface area contributed by atoms with Gasteiger partial charge >= 0.3 is 0 Å². The molecule has 5 rings (SSSR count). The van der Waals surface area contributed by atoms with Gasteiger partial charge in [0, 0.05) is 26.2 Å². The van der Waals surface area contributed by atoms with Crippen molar-refractivity contribution in [2.24, 2.45) is 0 Å². The molecule has 1 fully saturated rings. The van der Waals surface area contributed by atoms with Crippen molar-refractivity contribution in [2.75, 3.05) is 31.5 Å². The van der Waals surface area contributed by atoms with Crippen molar-refractivity contribution >= 4 is 34.3 Å². The first-order chi connectivity index (χ1) is 16.5. The number of nitrogens with zero attached hydrogens (tertiary/aromatic N) is 3. The Balaban J connectivity index is 1.18. The van der Waals surface area contributed by atoms with Crippen LogP contribution in [-0.2, 0) is 16.1 Å². The Hall–Kier alpha value is -4.05. The molecule has 3 heterocycles. The Bertz CT molecular complexity index is 1330. The summed E-state index contributed by atoms with van der Waals surface area (Å²) in [5.74, 6) is -0.394. The second-order valence-corrected chi connectivity index (χ2v) is 8.45. The maximum absolute atomic E-state index is 12.9. The van der Waals surface area contributed by atoms with Gasteiger partial charge in [-0.15, -0.1) is 0 Å². The number of anilines is 1. The smallest absolute Gasteiger partial charge is 0.258 e. The number of carbonyl (C=O) groups is 3. The SMILES string of the molecule is O=C1N[C@@H](CC(=O)N2CCN(Cc3nc4ccccc4c(=O)[nH]3)CC2)C(=O)Nc2ccccc21. The second kappa shape index (κ2) is 9.06. The number of hydrogen-bond acceptors (Lipinski definition) is 6. The largest absolute Gasteiger partial charge is 0.340 e. The Labute approximate surface area is 195 Å². The zero-order chi connectivity index (χ0) is 23.7. The van der Waals surface area contributed by atoms with Crippen LogP contribution in [0.1, 0.15) is 22.6 Å². The second-order valence-electron chi connectivity index (χ2n) is 8.45. The van der Waals surface area contributed by atoms with Crippen molar-refractivity contribution in [1.29, 1.82) is 0 Å². The highest BCUT2D eigenvalue weighted by Crippen LogP contribution is 2.19. The third-order valence-corrected chi connectivity index (χ3v) is 6.19. The quantitative estimate of drug-likeness (QED) is 0.526. The van der Waals surface area contributed by atoms with E-state index in [2.05, 4.69) is 25.5 Å². The maximum atomic E-state index is 12.9. The summed E-state index contributed by atoms with van der Waals surface area (Å²) in [7, 11) is 0. The van der Waals surface area contributed by atoms with Crippen LogP contribution in [0.25, 0.3) is 10.9 Å². The van der Waals surface area contributed by atoms with Crippen LogP contribution < -0.4 is 16.2 Å². The van der Waals surface area contributed by atoms with Crippen LogP contribution in [0.3, 0.4) is 0 Å². The molecule has 1 saturated heterocycles. The zero-order valence-electron chi connectivity index (χ0n) is 18.4. The molecule has 2 aliphatic heterocycles. The highest BCUT2D eigenvalue weighted by atomic mass is 16.2. The van der Waals surface area contributed by atoms with Crippen LogP contribution in [0.4, 0.5) is 5.69 Å². The number of nitrogens with one attached hydrogen (secondary N) is 3. The normalized spacial score (nSPS) is 18.7. The van der Waals surface area contributed by atoms with Gasteiger partial charge < -0.3 is 20.5 Å². The number of para-hydroxylation sites is 2. The molecule has 0 saturated carbocycles. The van der Waals surface area contributed by atoms with Crippen LogP contribution >= 0.6 is 0 Å². The molecule has 0 radical (unpaired) electrons. The van der Waals surface area contributed by atoms with E-state index in [1.54, 1.807) is 41.3 Å². The molecule has 0 spiro atoms. The van der Waals surface area contributed by atoms with E-state index in [0.29, 0.717) is 60.7 Å². The number of hydrogen-bond donors (Lipinski definition) is 3. The number of piperazine rings is 1. The summed E-state index contributed by atoms with van der Waals surface area (Å²) in [6, 6.07) is 13.0. The fourth-order valence-electron chi connectivity index (χ4n) is 4.34. The molecule has 34 heavy (non-hydrogen) atoms. The average molecular weight is 460 g/mol. The van der Waals surface area contributed by atoms with Crippen molar-refractivity contribution in [3.05, 3.63) is 70.3 Å². The highest BCUT2D eigenvalue weighted by Gasteiger charge is 2.31. The van der Waals surface area contributed by atoms with E-state index in [0.717, 1.165) is 0 Å². The first-order valence-corrected chi connectivity index (χ1v) is 11.2. The molecule has 0 bridgehead atoms. The van der Waals surface area contributed by atoms with Crippen molar-refractivity contribution in [3.63, 3.8) is 0 Å². The minimum Gasteiger partial charge on any atom is -0.340 e. The summed E-state index contributed by atoms with van der Waals surface area (Å²) in [6.07, 6.45) is -0.106. The van der Waals surface area contributed by atoms with Gasteiger partial charge in [-0.3, -0.25) is 24.1 Å². The molecule has 3 amide bonds. The van der Waals surface area contributed by atoms with Gasteiger partial charge in [0.25, 0.3) is 11.5 Å². The third-order valence-electron chi connectivity index (χ3n) is 6.19. The Morgan fingerprint density at radius 1 is 0.971 bits per heavy atom. The Morgan fingerprint density at radius 2 is 1.71 bits per heavy atom. The number of amides is 3. The summed E-state index contributed by atoms with van der Waals surface area (Å²) in [5.41, 5.74) is 1.30. The third kappa shape index (κ3) is 4.40. The van der Waals surface area contributed by atoms with Gasteiger partial charge in [0.05, 0.1) is 35.1 Å². The molecule has 1 aromatic heterocycles. The Morgan fingerprint density at radius 3 is 2.53 bits per heavy atom. The number of benzene rings is 2. The highest BCUT2D eigenvalue weighted by molar-refractivity contribution is 6.10. The molecular formula is C24H24N6O4. The molecule has 10 heteroatoms. The van der Waals surface area contributed by atoms with E-state index in [4.69, 9.17) is 0 Å². The number of rotatable bonds is 4. The molecule has 0 aliphatic carbocycles. The van der Waals surface area contributed by atoms with Crippen LogP contribution in [0.2, 0.25) is 0 Å². The fourth-order valence-corrected chi connectivity index (χ4v) is 4.34. The van der Waals surface area contributed by atoms with Gasteiger partial charge in [-0.05, 0) is 24.3 Å². The molecule has 2 aliphatic rings. The molecule has 10 nitrogen and oxygen atoms in total. The first kappa shape index (κ1) is 21.8. The first-order valence-electron chi connectivity index (χ1n) is 11.2. The molecular weight excluding hydrogens is 436 g/mol. The van der Waals surface area contributed by atoms with Crippen molar-refractivity contribution in [2.45, 2.75) is 19.0 Å². The molecule has 1 atom stereocenters. The van der Waals surface area contributed by atoms with Crippen LogP contribution in [0.15, 0.2) is 53.3 Å². The molecule has 3 N–H and O–H groups in total. The minimum absolute atomic E-state index is 0.106. The van der Waals surface area contributed by atoms with Crippen molar-refractivity contribution in [1.82, 2.24) is 25.1 Å². The topological polar surface area (TPSA) is 128 Å². The van der Waals surface area contributed by atoms with Gasteiger partial charge in [-0.1, -0.05) is 24.3 Å². The predicted molar refractivity (Wildman–Crippen MR) is 125 cm³/mol. The lowest BCUT2D eigenvalue weighted by Crippen LogP contribution is -2.51. The Kier molecular flexibility index (Phi) is 5.81. The number of H-pyrrole nitrogens is 1. The zero-order valence-corrected chi connectivity index (χ0v) is 18.4. The number of carbonyl (C=O) groups excluding carboxylic acids is 3. The summed E-state index contributed by atoms with van der Waals surface area (Å²) in [4.78, 5) is 61.4. The minimum atomic E-state index is -0.933. The predicted octanol–water partition coefficient (Wildman–Crippen LogP) is 0.708. The lowest BCUT2D eigenvalue weighted by molar-refractivity contribution is -0.135. The van der Waals surface area contributed by atoms with Gasteiger partial charge in [-0.2, -0.15) is 0 Å². The number of aromatic amines is 1. The monoisotopic (exact) mass is 460 g/mol. The van der Waals surface area contributed by atoms with Gasteiger partial charge in [0.1, 0.15) is 11.9 Å². The standard InChI is InChI=1S/C24H24N6O4/c31-21(13-19-24(34)26-18-8-4-2-6-16(18)22(32)27-19)30-11-9-29(10-12-30)14-20-25-17-7-3-1-5-15(17)23(33)28-20/h1-8,19H,9-14H2,(H,26,34)(H,27,32)(H,25,28,33)/t19-/m0/s1. The molecule has 2 aromatic carbocycles. The lowest BCUT2D eigenvalue weighted by Gasteiger charge is -2.35. The van der Waals surface area contributed by atoms with Gasteiger partial charge in [0.2, 0.25) is 11.8 Å². The number of aromatic nitrogens is 2. The van der Waals surface area contributed by atoms with Crippen molar-refractivity contribution < 1.29 is 14.4 Å². The average Bonchev–Trinajstić information content (AvgIpc) is 2.95. The van der Waals surface area contributed by atoms with E-state index in [9.17, 15) is 19.2 Å². The van der Waals surface area contributed by atoms with Gasteiger partial charge in [-0.25, -0.2) is 4.98 Å². The van der Waals surface area contributed by atoms with Gasteiger partial charge in [0.15, 0.2) is 0 Å². The van der Waals surface area contributed by atoms with Crippen LogP contribution in [0.5, 0.6) is 0 Å². The van der Waals surface area contributed by atoms with Crippen LogP contribution in [0, 0.1) is 0 Å². The summed E-state index contributed by atoms with van der Waals surface area (Å²) < 4.78 is 0. The fraction of sp³-hybridized carbons (Fsp3) is 0.292. The maximum Gasteiger partial charge on any atom is 0.258 e. The van der Waals surface area contributed by atoms with E-state index in [1.165, 1.54) is 0 Å². The van der Waals surface area contributed by atoms with Crippen LogP contribution in [-0.4, -0.2) is 69.7 Å². The summed E-state index contributed by atoms with van der Waals surface area (Å²) in [6.45, 7) is 2.66. The van der Waals surface area contributed by atoms with E-state index in [-0.39, 0.29) is 23.8 Å². The van der Waals surface area contributed by atoms with E-state index >= 15 is 0 Å². The summed E-state index contributed by atoms with van der Waals surface area (Å²) in [5, 5.41) is 5.95. The molecule has 3 aromatic rings. The number of fused-ring (bicyclic) bond motifs is 2. The molecule has 174 valence electrons. The van der Waals surface area contributed by atoms with E-state index < -0.39 is 11.9 Å². The lowest BCUT2D eigenvalue weighted by atomic mass is 10.1. The van der Waals surface area contributed by atoms with Crippen molar-refractivity contribution in [3.8, 4) is 0 Å².